The monoisotopic (exact) mass is 275 g/mol. The maximum Gasteiger partial charge on any atom is 0.147 e. The van der Waals surface area contributed by atoms with Crippen molar-refractivity contribution in [3.63, 3.8) is 0 Å². The molecule has 0 aliphatic heterocycles. The Balaban J connectivity index is 3.39. The highest BCUT2D eigenvalue weighted by Crippen LogP contribution is 2.30. The van der Waals surface area contributed by atoms with Crippen LogP contribution >= 0.6 is 31.9 Å². The summed E-state index contributed by atoms with van der Waals surface area (Å²) in [5.41, 5.74) is 0.256. The summed E-state index contributed by atoms with van der Waals surface area (Å²) >= 11 is 6.30. The van der Waals surface area contributed by atoms with E-state index in [1.54, 1.807) is 12.1 Å². The third kappa shape index (κ3) is 1.73. The quantitative estimate of drug-likeness (QED) is 0.792. The average Bonchev–Trinajstić information content (AvgIpc) is 1.96. The van der Waals surface area contributed by atoms with Gasteiger partial charge in [0.1, 0.15) is 11.8 Å². The van der Waals surface area contributed by atoms with Crippen molar-refractivity contribution in [2.24, 2.45) is 0 Å². The maximum atomic E-state index is 9.23. The summed E-state index contributed by atoms with van der Waals surface area (Å²) < 4.78 is 1.28. The number of phenolic OH excluding ortho intramolecular Hbond substituents is 1. The molecule has 0 fully saturated rings. The molecule has 2 nitrogen and oxygen atoms in total. The van der Waals surface area contributed by atoms with Gasteiger partial charge in [-0.1, -0.05) is 15.9 Å². The number of aromatic hydroxyl groups is 1. The van der Waals surface area contributed by atoms with E-state index in [9.17, 15) is 5.11 Å². The Hall–Kier alpha value is -0.530. The van der Waals surface area contributed by atoms with Gasteiger partial charge in [-0.15, -0.1) is 0 Å². The fraction of sp³-hybridized carbons (Fsp3) is 0. The SMILES string of the molecule is N#Cc1cc(Br)cc(Br)c1O. The van der Waals surface area contributed by atoms with Gasteiger partial charge in [-0.25, -0.2) is 0 Å². The summed E-state index contributed by atoms with van der Waals surface area (Å²) in [6, 6.07) is 5.10. The van der Waals surface area contributed by atoms with Gasteiger partial charge < -0.3 is 5.11 Å². The van der Waals surface area contributed by atoms with E-state index in [1.165, 1.54) is 0 Å². The molecule has 1 N–H and O–H groups in total. The smallest absolute Gasteiger partial charge is 0.147 e. The molecular weight excluding hydrogens is 274 g/mol. The van der Waals surface area contributed by atoms with E-state index in [0.717, 1.165) is 4.47 Å². The average molecular weight is 277 g/mol. The molecule has 0 saturated carbocycles. The van der Waals surface area contributed by atoms with E-state index < -0.39 is 0 Å². The molecule has 11 heavy (non-hydrogen) atoms. The molecule has 4 heteroatoms. The molecule has 0 aromatic heterocycles. The Labute approximate surface area is 80.7 Å². The Bertz CT molecular complexity index is 330. The third-order valence-electron chi connectivity index (χ3n) is 1.15. The van der Waals surface area contributed by atoms with E-state index in [0.29, 0.717) is 4.47 Å². The number of hydrogen-bond donors (Lipinski definition) is 1. The number of phenols is 1. The van der Waals surface area contributed by atoms with Gasteiger partial charge >= 0.3 is 0 Å². The lowest BCUT2D eigenvalue weighted by atomic mass is 10.2. The van der Waals surface area contributed by atoms with Gasteiger partial charge in [0.2, 0.25) is 0 Å². The molecule has 0 atom stereocenters. The van der Waals surface area contributed by atoms with E-state index in [-0.39, 0.29) is 11.3 Å². The van der Waals surface area contributed by atoms with Crippen LogP contribution in [0.1, 0.15) is 5.56 Å². The first-order valence-electron chi connectivity index (χ1n) is 2.73. The molecule has 0 amide bonds. The van der Waals surface area contributed by atoms with E-state index in [2.05, 4.69) is 31.9 Å². The number of nitriles is 1. The second kappa shape index (κ2) is 3.24. The molecule has 0 aliphatic rings. The van der Waals surface area contributed by atoms with Gasteiger partial charge in [0, 0.05) is 4.47 Å². The second-order valence-corrected chi connectivity index (χ2v) is 3.67. The normalized spacial score (nSPS) is 9.18. The molecule has 1 rings (SSSR count). The van der Waals surface area contributed by atoms with Crippen LogP contribution in [0.2, 0.25) is 0 Å². The molecule has 0 aliphatic carbocycles. The summed E-state index contributed by atoms with van der Waals surface area (Å²) in [6.45, 7) is 0. The first kappa shape index (κ1) is 8.57. The molecule has 1 aromatic rings. The van der Waals surface area contributed by atoms with Gasteiger partial charge in [0.25, 0.3) is 0 Å². The third-order valence-corrected chi connectivity index (χ3v) is 2.21. The number of halogens is 2. The van der Waals surface area contributed by atoms with Crippen LogP contribution < -0.4 is 0 Å². The summed E-state index contributed by atoms with van der Waals surface area (Å²) in [7, 11) is 0. The minimum atomic E-state index is -0.0179. The highest BCUT2D eigenvalue weighted by Gasteiger charge is 2.05. The highest BCUT2D eigenvalue weighted by atomic mass is 79.9. The minimum absolute atomic E-state index is 0.0179. The van der Waals surface area contributed by atoms with Gasteiger partial charge in [0.05, 0.1) is 10.0 Å². The van der Waals surface area contributed by atoms with Crippen molar-refractivity contribution in [2.75, 3.05) is 0 Å². The van der Waals surface area contributed by atoms with Crippen LogP contribution in [0.15, 0.2) is 21.1 Å². The molecule has 1 aromatic carbocycles. The van der Waals surface area contributed by atoms with Crippen LogP contribution in [0.4, 0.5) is 0 Å². The van der Waals surface area contributed by atoms with Crippen LogP contribution in [0.5, 0.6) is 5.75 Å². The zero-order chi connectivity index (χ0) is 8.43. The van der Waals surface area contributed by atoms with Crippen molar-refractivity contribution >= 4 is 31.9 Å². The Morgan fingerprint density at radius 2 is 2.00 bits per heavy atom. The molecule has 0 saturated heterocycles. The Morgan fingerprint density at radius 3 is 2.55 bits per heavy atom. The lowest BCUT2D eigenvalue weighted by molar-refractivity contribution is 0.470. The van der Waals surface area contributed by atoms with Crippen LogP contribution in [-0.2, 0) is 0 Å². The van der Waals surface area contributed by atoms with Gasteiger partial charge in [-0.3, -0.25) is 0 Å². The zero-order valence-electron chi connectivity index (χ0n) is 5.31. The minimum Gasteiger partial charge on any atom is -0.505 e. The van der Waals surface area contributed by atoms with Crippen LogP contribution in [0.3, 0.4) is 0 Å². The lowest BCUT2D eigenvalue weighted by Crippen LogP contribution is -1.78. The summed E-state index contributed by atoms with van der Waals surface area (Å²) in [5.74, 6) is -0.0179. The number of benzene rings is 1. The van der Waals surface area contributed by atoms with Crippen molar-refractivity contribution in [3.8, 4) is 11.8 Å². The molecular formula is C7H3Br2NO. The van der Waals surface area contributed by atoms with Crippen LogP contribution in [0.25, 0.3) is 0 Å². The van der Waals surface area contributed by atoms with Gasteiger partial charge in [0.15, 0.2) is 0 Å². The highest BCUT2D eigenvalue weighted by molar-refractivity contribution is 9.11. The predicted octanol–water partition coefficient (Wildman–Crippen LogP) is 2.79. The topological polar surface area (TPSA) is 44.0 Å². The van der Waals surface area contributed by atoms with Crippen LogP contribution in [0, 0.1) is 11.3 Å². The predicted molar refractivity (Wildman–Crippen MR) is 48.2 cm³/mol. The van der Waals surface area contributed by atoms with E-state index >= 15 is 0 Å². The fourth-order valence-corrected chi connectivity index (χ4v) is 1.88. The summed E-state index contributed by atoms with van der Waals surface area (Å²) in [5, 5.41) is 17.7. The summed E-state index contributed by atoms with van der Waals surface area (Å²) in [4.78, 5) is 0. The Kier molecular flexibility index (Phi) is 2.53. The van der Waals surface area contributed by atoms with Gasteiger partial charge in [-0.2, -0.15) is 5.26 Å². The first-order valence-corrected chi connectivity index (χ1v) is 4.32. The zero-order valence-corrected chi connectivity index (χ0v) is 8.48. The van der Waals surface area contributed by atoms with Crippen molar-refractivity contribution < 1.29 is 5.11 Å². The number of rotatable bonds is 0. The molecule has 0 radical (unpaired) electrons. The van der Waals surface area contributed by atoms with Crippen molar-refractivity contribution in [1.82, 2.24) is 0 Å². The van der Waals surface area contributed by atoms with Crippen molar-refractivity contribution in [1.29, 1.82) is 5.26 Å². The van der Waals surface area contributed by atoms with E-state index in [1.807, 2.05) is 6.07 Å². The largest absolute Gasteiger partial charge is 0.505 e. The molecule has 0 unspecified atom stereocenters. The molecule has 0 bridgehead atoms. The van der Waals surface area contributed by atoms with Crippen molar-refractivity contribution in [3.05, 3.63) is 26.6 Å². The van der Waals surface area contributed by atoms with Gasteiger partial charge in [-0.05, 0) is 28.1 Å². The second-order valence-electron chi connectivity index (χ2n) is 1.90. The number of nitrogens with zero attached hydrogens (tertiary/aromatic N) is 1. The molecule has 0 spiro atoms. The lowest BCUT2D eigenvalue weighted by Gasteiger charge is -1.98. The van der Waals surface area contributed by atoms with Crippen LogP contribution in [-0.4, -0.2) is 5.11 Å². The molecule has 0 heterocycles. The fourth-order valence-electron chi connectivity index (χ4n) is 0.651. The standard InChI is InChI=1S/C7H3Br2NO/c8-5-1-4(3-10)7(11)6(9)2-5/h1-2,11H. The number of hydrogen-bond acceptors (Lipinski definition) is 2. The maximum absolute atomic E-state index is 9.23. The Morgan fingerprint density at radius 1 is 1.36 bits per heavy atom. The summed E-state index contributed by atoms with van der Waals surface area (Å²) in [6.07, 6.45) is 0. The van der Waals surface area contributed by atoms with Crippen molar-refractivity contribution in [2.45, 2.75) is 0 Å². The molecule has 56 valence electrons. The van der Waals surface area contributed by atoms with E-state index in [4.69, 9.17) is 5.26 Å². The first-order chi connectivity index (χ1) is 5.15.